The highest BCUT2D eigenvalue weighted by Crippen LogP contribution is 2.13. The van der Waals surface area contributed by atoms with E-state index in [1.807, 2.05) is 27.7 Å². The Morgan fingerprint density at radius 2 is 1.47 bits per heavy atom. The summed E-state index contributed by atoms with van der Waals surface area (Å²) in [4.78, 5) is 10.5. The number of hydrogen-bond acceptors (Lipinski definition) is 5. The molecule has 0 rings (SSSR count). The smallest absolute Gasteiger partial charge is 0.351 e. The summed E-state index contributed by atoms with van der Waals surface area (Å²) in [5.74, 6) is -0.0217. The summed E-state index contributed by atoms with van der Waals surface area (Å²) in [5.41, 5.74) is 0. The van der Waals surface area contributed by atoms with Gasteiger partial charge in [-0.3, -0.25) is 0 Å². The van der Waals surface area contributed by atoms with Crippen molar-refractivity contribution in [3.63, 3.8) is 0 Å². The average Bonchev–Trinajstić information content (AvgIpc) is 2.30. The van der Waals surface area contributed by atoms with E-state index in [4.69, 9.17) is 17.7 Å². The van der Waals surface area contributed by atoms with Crippen molar-refractivity contribution in [3.05, 3.63) is 0 Å². The van der Waals surface area contributed by atoms with Gasteiger partial charge in [-0.2, -0.15) is 0 Å². The number of hydrogen-bond donors (Lipinski definition) is 0. The van der Waals surface area contributed by atoms with E-state index < -0.39 is 9.05 Å². The average molecular weight is 264 g/mol. The molecule has 0 unspecified atom stereocenters. The third kappa shape index (κ3) is 6.90. The van der Waals surface area contributed by atoms with E-state index in [0.717, 1.165) is 6.29 Å². The van der Waals surface area contributed by atoms with Crippen LogP contribution in [0.3, 0.4) is 0 Å². The molecule has 0 saturated heterocycles. The lowest BCUT2D eigenvalue weighted by atomic mass is 10.1. The molecule has 5 nitrogen and oxygen atoms in total. The Bertz CT molecular complexity index is 183. The van der Waals surface area contributed by atoms with Gasteiger partial charge < -0.3 is 22.5 Å². The van der Waals surface area contributed by atoms with Gasteiger partial charge in [0.05, 0.1) is 0 Å². The highest BCUT2D eigenvalue weighted by atomic mass is 28.4. The molecule has 0 aromatic heterocycles. The third-order valence-corrected chi connectivity index (χ3v) is 4.53. The zero-order chi connectivity index (χ0) is 13.1. The molecule has 0 aliphatic rings. The van der Waals surface area contributed by atoms with Crippen LogP contribution in [0.4, 0.5) is 0 Å². The summed E-state index contributed by atoms with van der Waals surface area (Å²) < 4.78 is 22.2. The summed E-state index contributed by atoms with van der Waals surface area (Å²) in [5, 5.41) is 0. The van der Waals surface area contributed by atoms with E-state index in [1.54, 1.807) is 0 Å². The second-order valence-corrected chi connectivity index (χ2v) is 5.70. The van der Waals surface area contributed by atoms with Crippen LogP contribution in [0.5, 0.6) is 0 Å². The Morgan fingerprint density at radius 1 is 1.00 bits per heavy atom. The second kappa shape index (κ2) is 9.73. The zero-order valence-electron chi connectivity index (χ0n) is 11.2. The summed E-state index contributed by atoms with van der Waals surface area (Å²) in [6, 6.07) is 0. The van der Waals surface area contributed by atoms with Crippen molar-refractivity contribution in [2.45, 2.75) is 34.1 Å². The summed E-state index contributed by atoms with van der Waals surface area (Å²) >= 11 is 0. The number of rotatable bonds is 11. The topological polar surface area (TPSA) is 54.0 Å². The van der Waals surface area contributed by atoms with Gasteiger partial charge in [-0.25, -0.2) is 0 Å². The van der Waals surface area contributed by atoms with Crippen LogP contribution < -0.4 is 0 Å². The minimum atomic E-state index is -2.99. The maximum atomic E-state index is 10.5. The van der Waals surface area contributed by atoms with Crippen LogP contribution in [0, 0.1) is 5.92 Å². The summed E-state index contributed by atoms with van der Waals surface area (Å²) in [6.45, 7) is 9.32. The van der Waals surface area contributed by atoms with Crippen LogP contribution in [0.15, 0.2) is 0 Å². The molecule has 0 spiro atoms. The fraction of sp³-hybridized carbons (Fsp3) is 0.909. The number of carbonyl (C=O) groups excluding carboxylic acids is 1. The molecule has 0 radical (unpaired) electrons. The van der Waals surface area contributed by atoms with E-state index >= 15 is 0 Å². The molecule has 0 aromatic carbocycles. The van der Waals surface area contributed by atoms with E-state index in [-0.39, 0.29) is 5.92 Å². The Morgan fingerprint density at radius 3 is 1.82 bits per heavy atom. The lowest BCUT2D eigenvalue weighted by Crippen LogP contribution is -2.49. The molecular weight excluding hydrogens is 240 g/mol. The van der Waals surface area contributed by atoms with Gasteiger partial charge in [-0.1, -0.05) is 6.92 Å². The van der Waals surface area contributed by atoms with Crippen LogP contribution >= 0.6 is 0 Å². The largest absolute Gasteiger partial charge is 0.679 e. The first-order chi connectivity index (χ1) is 8.14. The predicted octanol–water partition coefficient (Wildman–Crippen LogP) is 1.77. The highest BCUT2D eigenvalue weighted by molar-refractivity contribution is 6.53. The Labute approximate surface area is 105 Å². The molecule has 17 heavy (non-hydrogen) atoms. The van der Waals surface area contributed by atoms with Gasteiger partial charge in [0.1, 0.15) is 6.29 Å². The molecule has 0 aliphatic heterocycles. The SMILES string of the molecule is CCO[Si](OCC)(OCC)OCC[C@@H](C)C=O. The van der Waals surface area contributed by atoms with Gasteiger partial charge in [0.25, 0.3) is 0 Å². The van der Waals surface area contributed by atoms with E-state index in [2.05, 4.69) is 0 Å². The molecule has 6 heteroatoms. The van der Waals surface area contributed by atoms with Crippen molar-refractivity contribution in [1.82, 2.24) is 0 Å². The zero-order valence-corrected chi connectivity index (χ0v) is 12.2. The fourth-order valence-corrected chi connectivity index (χ4v) is 3.15. The van der Waals surface area contributed by atoms with E-state index in [1.165, 1.54) is 0 Å². The van der Waals surface area contributed by atoms with Gasteiger partial charge in [0, 0.05) is 32.3 Å². The Balaban J connectivity index is 4.27. The number of carbonyl (C=O) groups is 1. The molecule has 0 amide bonds. The van der Waals surface area contributed by atoms with Gasteiger partial charge in [-0.15, -0.1) is 0 Å². The molecule has 0 aliphatic carbocycles. The molecule has 0 saturated carbocycles. The predicted molar refractivity (Wildman–Crippen MR) is 66.4 cm³/mol. The summed E-state index contributed by atoms with van der Waals surface area (Å²) in [6.07, 6.45) is 1.56. The van der Waals surface area contributed by atoms with Crippen molar-refractivity contribution < 1.29 is 22.5 Å². The quantitative estimate of drug-likeness (QED) is 0.420. The molecule has 0 N–H and O–H groups in total. The van der Waals surface area contributed by atoms with Gasteiger partial charge in [-0.05, 0) is 27.2 Å². The van der Waals surface area contributed by atoms with Crippen LogP contribution in [-0.2, 0) is 22.5 Å². The maximum Gasteiger partial charge on any atom is 0.679 e. The van der Waals surface area contributed by atoms with Crippen LogP contribution in [0.25, 0.3) is 0 Å². The third-order valence-electron chi connectivity index (χ3n) is 2.05. The van der Waals surface area contributed by atoms with Crippen LogP contribution in [0.2, 0.25) is 0 Å². The fourth-order valence-electron chi connectivity index (χ4n) is 1.22. The van der Waals surface area contributed by atoms with Gasteiger partial charge >= 0.3 is 9.05 Å². The first-order valence-electron chi connectivity index (χ1n) is 6.15. The van der Waals surface area contributed by atoms with Crippen LogP contribution in [-0.4, -0.2) is 41.8 Å². The van der Waals surface area contributed by atoms with Crippen molar-refractivity contribution in [3.8, 4) is 0 Å². The normalized spacial score (nSPS) is 13.6. The Hall–Kier alpha value is -0.273. The van der Waals surface area contributed by atoms with E-state index in [9.17, 15) is 4.79 Å². The molecule has 1 atom stereocenters. The second-order valence-electron chi connectivity index (χ2n) is 3.55. The lowest BCUT2D eigenvalue weighted by Gasteiger charge is -2.26. The maximum absolute atomic E-state index is 10.5. The first kappa shape index (κ1) is 16.7. The number of aldehydes is 1. The minimum absolute atomic E-state index is 0.0217. The monoisotopic (exact) mass is 264 g/mol. The van der Waals surface area contributed by atoms with Gasteiger partial charge in [0.15, 0.2) is 0 Å². The minimum Gasteiger partial charge on any atom is -0.351 e. The van der Waals surface area contributed by atoms with Gasteiger partial charge in [0.2, 0.25) is 0 Å². The molecule has 0 fully saturated rings. The molecule has 0 aromatic rings. The molecule has 0 bridgehead atoms. The van der Waals surface area contributed by atoms with Crippen LogP contribution in [0.1, 0.15) is 34.1 Å². The molecule has 102 valence electrons. The molecular formula is C11H24O5Si. The van der Waals surface area contributed by atoms with Crippen molar-refractivity contribution >= 4 is 15.3 Å². The standard InChI is InChI=1S/C11H24O5Si/c1-5-13-17(14-6-2,15-7-3)16-9-8-11(4)10-12/h10-11H,5-9H2,1-4H3/t11-/m1/s1. The first-order valence-corrected chi connectivity index (χ1v) is 7.78. The van der Waals surface area contributed by atoms with Crippen molar-refractivity contribution in [1.29, 1.82) is 0 Å². The highest BCUT2D eigenvalue weighted by Gasteiger charge is 2.44. The molecule has 0 heterocycles. The summed E-state index contributed by atoms with van der Waals surface area (Å²) in [7, 11) is -2.99. The Kier molecular flexibility index (Phi) is 9.57. The van der Waals surface area contributed by atoms with Crippen molar-refractivity contribution in [2.24, 2.45) is 5.92 Å². The van der Waals surface area contributed by atoms with Crippen molar-refractivity contribution in [2.75, 3.05) is 26.4 Å². The van der Waals surface area contributed by atoms with E-state index in [0.29, 0.717) is 32.8 Å². The lowest BCUT2D eigenvalue weighted by molar-refractivity contribution is -0.111.